The van der Waals surface area contributed by atoms with Gasteiger partial charge < -0.3 is 10.5 Å². The number of aliphatic imine (C=N–C) groups is 1. The van der Waals surface area contributed by atoms with Gasteiger partial charge in [-0.3, -0.25) is 25.1 Å². The first-order chi connectivity index (χ1) is 13.9. The highest BCUT2D eigenvalue weighted by Gasteiger charge is 2.17. The molecule has 3 rings (SSSR count). The zero-order valence-electron chi connectivity index (χ0n) is 16.3. The van der Waals surface area contributed by atoms with Gasteiger partial charge in [-0.15, -0.1) is 0 Å². The van der Waals surface area contributed by atoms with Crippen LogP contribution in [-0.4, -0.2) is 28.2 Å². The van der Waals surface area contributed by atoms with Crippen molar-refractivity contribution < 1.29 is 9.53 Å². The number of nitrogens with two attached hydrogens (primary N) is 1. The zero-order valence-corrected chi connectivity index (χ0v) is 16.3. The fourth-order valence-electron chi connectivity index (χ4n) is 2.72. The third-order valence-corrected chi connectivity index (χ3v) is 4.40. The standard InChI is InChI=1S/C20H22N6O3/c1-13-17(20(28)26(25(13)2)15-7-5-4-6-8-15)22-18(21)19(27)24-23-14-9-11-16(29-3)12-10-14/h4-12,23H,1-3H3,(H2,21,22)(H,24,27). The monoisotopic (exact) mass is 394 g/mol. The minimum absolute atomic E-state index is 0.105. The maximum Gasteiger partial charge on any atom is 0.304 e. The maximum absolute atomic E-state index is 12.8. The van der Waals surface area contributed by atoms with Crippen molar-refractivity contribution >= 4 is 23.1 Å². The van der Waals surface area contributed by atoms with Gasteiger partial charge in [0.1, 0.15) is 5.75 Å². The van der Waals surface area contributed by atoms with Crippen molar-refractivity contribution in [2.45, 2.75) is 6.92 Å². The zero-order chi connectivity index (χ0) is 21.0. The summed E-state index contributed by atoms with van der Waals surface area (Å²) in [6.07, 6.45) is 0. The molecule has 0 aliphatic carbocycles. The number of ether oxygens (including phenoxy) is 1. The molecule has 0 saturated carbocycles. The van der Waals surface area contributed by atoms with Gasteiger partial charge in [-0.1, -0.05) is 18.2 Å². The largest absolute Gasteiger partial charge is 0.497 e. The van der Waals surface area contributed by atoms with Crippen LogP contribution in [0.3, 0.4) is 0 Å². The van der Waals surface area contributed by atoms with E-state index >= 15 is 0 Å². The van der Waals surface area contributed by atoms with Crippen LogP contribution in [0.4, 0.5) is 11.4 Å². The Morgan fingerprint density at radius 1 is 1.10 bits per heavy atom. The molecule has 29 heavy (non-hydrogen) atoms. The van der Waals surface area contributed by atoms with Gasteiger partial charge in [0.2, 0.25) is 0 Å². The number of amides is 1. The third-order valence-electron chi connectivity index (χ3n) is 4.40. The van der Waals surface area contributed by atoms with Crippen molar-refractivity contribution in [1.82, 2.24) is 14.8 Å². The third kappa shape index (κ3) is 4.13. The smallest absolute Gasteiger partial charge is 0.304 e. The predicted octanol–water partition coefficient (Wildman–Crippen LogP) is 1.63. The highest BCUT2D eigenvalue weighted by molar-refractivity contribution is 6.37. The molecule has 0 atom stereocenters. The van der Waals surface area contributed by atoms with Crippen molar-refractivity contribution in [1.29, 1.82) is 0 Å². The molecule has 0 aliphatic heterocycles. The van der Waals surface area contributed by atoms with E-state index in [2.05, 4.69) is 15.8 Å². The number of hydrazine groups is 1. The van der Waals surface area contributed by atoms with Crippen LogP contribution >= 0.6 is 0 Å². The fourth-order valence-corrected chi connectivity index (χ4v) is 2.72. The number of rotatable bonds is 5. The number of hydrogen-bond acceptors (Lipinski definition) is 5. The second-order valence-electron chi connectivity index (χ2n) is 6.21. The summed E-state index contributed by atoms with van der Waals surface area (Å²) in [6.45, 7) is 1.74. The minimum atomic E-state index is -0.658. The average Bonchev–Trinajstić information content (AvgIpc) is 2.96. The van der Waals surface area contributed by atoms with E-state index in [4.69, 9.17) is 10.5 Å². The van der Waals surface area contributed by atoms with E-state index < -0.39 is 5.91 Å². The summed E-state index contributed by atoms with van der Waals surface area (Å²) in [4.78, 5) is 29.2. The van der Waals surface area contributed by atoms with Crippen LogP contribution in [0, 0.1) is 6.92 Å². The second kappa shape index (κ2) is 8.34. The van der Waals surface area contributed by atoms with Gasteiger partial charge in [0.15, 0.2) is 11.5 Å². The lowest BCUT2D eigenvalue weighted by atomic mass is 10.3. The Balaban J connectivity index is 1.80. The Morgan fingerprint density at radius 3 is 2.38 bits per heavy atom. The Bertz CT molecular complexity index is 1100. The summed E-state index contributed by atoms with van der Waals surface area (Å²) < 4.78 is 8.21. The summed E-state index contributed by atoms with van der Waals surface area (Å²) in [5, 5.41) is 0. The minimum Gasteiger partial charge on any atom is -0.497 e. The SMILES string of the molecule is COc1ccc(NNC(=O)C(N)=Nc2c(C)n(C)n(-c3ccccc3)c2=O)cc1. The molecule has 0 aliphatic rings. The molecule has 1 aromatic heterocycles. The van der Waals surface area contributed by atoms with Crippen molar-refractivity contribution in [3.63, 3.8) is 0 Å². The topological polar surface area (TPSA) is 116 Å². The van der Waals surface area contributed by atoms with Crippen molar-refractivity contribution in [3.05, 3.63) is 70.6 Å². The first-order valence-electron chi connectivity index (χ1n) is 8.81. The fraction of sp³-hybridized carbons (Fsp3) is 0.150. The molecule has 150 valence electrons. The van der Waals surface area contributed by atoms with Gasteiger partial charge in [0, 0.05) is 7.05 Å². The average molecular weight is 394 g/mol. The number of nitrogens with one attached hydrogen (secondary N) is 2. The number of amidine groups is 1. The molecule has 0 fully saturated rings. The first-order valence-corrected chi connectivity index (χ1v) is 8.81. The van der Waals surface area contributed by atoms with Crippen LogP contribution < -0.4 is 26.9 Å². The Morgan fingerprint density at radius 2 is 1.76 bits per heavy atom. The van der Waals surface area contributed by atoms with Gasteiger partial charge in [-0.2, -0.15) is 0 Å². The van der Waals surface area contributed by atoms with E-state index in [0.717, 1.165) is 0 Å². The number of carbonyl (C=O) groups is 1. The van der Waals surface area contributed by atoms with E-state index in [9.17, 15) is 9.59 Å². The van der Waals surface area contributed by atoms with Gasteiger partial charge >= 0.3 is 5.91 Å². The van der Waals surface area contributed by atoms with Crippen LogP contribution in [0.2, 0.25) is 0 Å². The molecule has 2 aromatic carbocycles. The number of carbonyl (C=O) groups excluding carboxylic acids is 1. The molecule has 0 radical (unpaired) electrons. The second-order valence-corrected chi connectivity index (χ2v) is 6.21. The van der Waals surface area contributed by atoms with E-state index in [-0.39, 0.29) is 17.1 Å². The van der Waals surface area contributed by atoms with Gasteiger partial charge in [-0.05, 0) is 43.3 Å². The summed E-state index contributed by atoms with van der Waals surface area (Å²) in [7, 11) is 3.31. The van der Waals surface area contributed by atoms with Crippen LogP contribution in [0.5, 0.6) is 5.75 Å². The Labute approximate surface area is 167 Å². The maximum atomic E-state index is 12.8. The molecule has 0 saturated heterocycles. The quantitative estimate of drug-likeness (QED) is 0.346. The van der Waals surface area contributed by atoms with Gasteiger partial charge in [0.05, 0.1) is 24.2 Å². The molecule has 9 heteroatoms. The number of para-hydroxylation sites is 1. The van der Waals surface area contributed by atoms with Crippen LogP contribution in [-0.2, 0) is 11.8 Å². The summed E-state index contributed by atoms with van der Waals surface area (Å²) in [5.74, 6) is -0.302. The normalized spacial score (nSPS) is 11.2. The predicted molar refractivity (Wildman–Crippen MR) is 112 cm³/mol. The number of anilines is 1. The number of benzene rings is 2. The molecule has 3 aromatic rings. The van der Waals surface area contributed by atoms with E-state index in [1.165, 1.54) is 4.68 Å². The molecule has 0 bridgehead atoms. The van der Waals surface area contributed by atoms with Crippen molar-refractivity contribution in [2.24, 2.45) is 17.8 Å². The molecular formula is C20H22N6O3. The Kier molecular flexibility index (Phi) is 5.68. The van der Waals surface area contributed by atoms with Crippen LogP contribution in [0.1, 0.15) is 5.69 Å². The summed E-state index contributed by atoms with van der Waals surface area (Å²) in [6, 6.07) is 16.1. The highest BCUT2D eigenvalue weighted by atomic mass is 16.5. The molecule has 0 unspecified atom stereocenters. The van der Waals surface area contributed by atoms with Crippen LogP contribution in [0.25, 0.3) is 5.69 Å². The van der Waals surface area contributed by atoms with Crippen LogP contribution in [0.15, 0.2) is 64.4 Å². The molecular weight excluding hydrogens is 372 g/mol. The lowest BCUT2D eigenvalue weighted by Crippen LogP contribution is -2.39. The number of hydrogen-bond donors (Lipinski definition) is 3. The number of aromatic nitrogens is 2. The van der Waals surface area contributed by atoms with E-state index in [1.54, 1.807) is 50.0 Å². The molecule has 0 spiro atoms. The number of methoxy groups -OCH3 is 1. The lowest BCUT2D eigenvalue weighted by Gasteiger charge is -2.08. The van der Waals surface area contributed by atoms with E-state index in [1.807, 2.05) is 30.3 Å². The molecule has 1 amide bonds. The van der Waals surface area contributed by atoms with Gasteiger partial charge in [-0.25, -0.2) is 9.67 Å². The number of nitrogens with zero attached hydrogens (tertiary/aromatic N) is 3. The molecule has 1 heterocycles. The van der Waals surface area contributed by atoms with E-state index in [0.29, 0.717) is 22.8 Å². The van der Waals surface area contributed by atoms with Crippen molar-refractivity contribution in [3.8, 4) is 11.4 Å². The van der Waals surface area contributed by atoms with Crippen molar-refractivity contribution in [2.75, 3.05) is 12.5 Å². The molecule has 9 nitrogen and oxygen atoms in total. The molecule has 4 N–H and O–H groups in total. The Hall–Kier alpha value is -4.01. The first kappa shape index (κ1) is 19.7. The van der Waals surface area contributed by atoms with Gasteiger partial charge in [0.25, 0.3) is 5.56 Å². The summed E-state index contributed by atoms with van der Waals surface area (Å²) in [5.41, 5.74) is 12.6. The lowest BCUT2D eigenvalue weighted by molar-refractivity contribution is -0.114. The summed E-state index contributed by atoms with van der Waals surface area (Å²) >= 11 is 0. The highest BCUT2D eigenvalue weighted by Crippen LogP contribution is 2.17.